The highest BCUT2D eigenvalue weighted by molar-refractivity contribution is 6.33. The Morgan fingerprint density at radius 2 is 2.14 bits per heavy atom. The number of rotatable bonds is 4. The highest BCUT2D eigenvalue weighted by Gasteiger charge is 2.28. The van der Waals surface area contributed by atoms with E-state index in [4.69, 9.17) is 20.5 Å². The molecule has 1 aliphatic rings. The van der Waals surface area contributed by atoms with E-state index in [-0.39, 0.29) is 6.54 Å². The van der Waals surface area contributed by atoms with Gasteiger partial charge in [-0.05, 0) is 25.0 Å². The number of hydrogen-bond donors (Lipinski definition) is 0. The molecule has 2 heterocycles. The van der Waals surface area contributed by atoms with E-state index in [0.29, 0.717) is 28.2 Å². The largest absolute Gasteiger partial charge is 0.443 e. The normalized spacial score (nSPS) is 14.4. The number of aromatic nitrogens is 3. The minimum Gasteiger partial charge on any atom is -0.443 e. The standard InChI is InChI=1S/C15H12ClN3O3/c16-11-4-2-1-3-10(11)14-18-22-15(20)19(14)8-13-17-7-12(21-13)9-5-6-9/h1-4,7,9H,5-6,8H2. The van der Waals surface area contributed by atoms with Crippen molar-refractivity contribution in [3.8, 4) is 11.4 Å². The Kier molecular flexibility index (Phi) is 3.11. The van der Waals surface area contributed by atoms with Crippen molar-refractivity contribution in [3.05, 3.63) is 57.7 Å². The minimum absolute atomic E-state index is 0.162. The molecule has 1 saturated carbocycles. The molecule has 0 saturated heterocycles. The summed E-state index contributed by atoms with van der Waals surface area (Å²) in [7, 11) is 0. The van der Waals surface area contributed by atoms with Crippen molar-refractivity contribution < 1.29 is 8.94 Å². The van der Waals surface area contributed by atoms with E-state index in [9.17, 15) is 4.79 Å². The lowest BCUT2D eigenvalue weighted by Crippen LogP contribution is -2.16. The van der Waals surface area contributed by atoms with Crippen LogP contribution in [-0.4, -0.2) is 14.7 Å². The molecular formula is C15H12ClN3O3. The molecule has 1 aliphatic carbocycles. The summed E-state index contributed by atoms with van der Waals surface area (Å²) in [5.41, 5.74) is 0.629. The number of benzene rings is 1. The van der Waals surface area contributed by atoms with E-state index in [1.165, 1.54) is 4.57 Å². The molecule has 0 N–H and O–H groups in total. The fourth-order valence-corrected chi connectivity index (χ4v) is 2.55. The van der Waals surface area contributed by atoms with Crippen molar-refractivity contribution in [2.45, 2.75) is 25.3 Å². The smallest absolute Gasteiger partial charge is 0.442 e. The zero-order chi connectivity index (χ0) is 15.1. The summed E-state index contributed by atoms with van der Waals surface area (Å²) in [6.45, 7) is 0.162. The third-order valence-electron chi connectivity index (χ3n) is 3.65. The third kappa shape index (κ3) is 2.35. The van der Waals surface area contributed by atoms with Crippen LogP contribution in [0.15, 0.2) is 44.2 Å². The summed E-state index contributed by atoms with van der Waals surface area (Å²) in [5.74, 6) is 1.60. The maximum Gasteiger partial charge on any atom is 0.442 e. The first-order chi connectivity index (χ1) is 10.7. The van der Waals surface area contributed by atoms with E-state index < -0.39 is 5.76 Å². The lowest BCUT2D eigenvalue weighted by Gasteiger charge is -2.03. The average Bonchev–Trinajstić information content (AvgIpc) is 3.17. The van der Waals surface area contributed by atoms with Crippen molar-refractivity contribution in [1.29, 1.82) is 0 Å². The van der Waals surface area contributed by atoms with Crippen LogP contribution in [0.25, 0.3) is 11.4 Å². The van der Waals surface area contributed by atoms with Gasteiger partial charge in [-0.15, -0.1) is 0 Å². The molecule has 22 heavy (non-hydrogen) atoms. The molecule has 1 fully saturated rings. The Morgan fingerprint density at radius 1 is 1.32 bits per heavy atom. The molecule has 7 heteroatoms. The summed E-state index contributed by atoms with van der Waals surface area (Å²) in [6, 6.07) is 7.14. The van der Waals surface area contributed by atoms with Gasteiger partial charge >= 0.3 is 5.76 Å². The summed E-state index contributed by atoms with van der Waals surface area (Å²) < 4.78 is 11.8. The van der Waals surface area contributed by atoms with Crippen LogP contribution in [0.2, 0.25) is 5.02 Å². The van der Waals surface area contributed by atoms with E-state index in [1.807, 2.05) is 12.1 Å². The fourth-order valence-electron chi connectivity index (χ4n) is 2.33. The topological polar surface area (TPSA) is 74.1 Å². The quantitative estimate of drug-likeness (QED) is 0.739. The summed E-state index contributed by atoms with van der Waals surface area (Å²) >= 11 is 6.16. The van der Waals surface area contributed by atoms with Crippen LogP contribution in [0.5, 0.6) is 0 Å². The SMILES string of the molecule is O=c1onc(-c2ccccc2Cl)n1Cc1ncc(C2CC2)o1. The summed E-state index contributed by atoms with van der Waals surface area (Å²) in [5, 5.41) is 4.31. The second-order valence-electron chi connectivity index (χ2n) is 5.27. The minimum atomic E-state index is -0.568. The molecule has 0 unspecified atom stereocenters. The molecule has 0 radical (unpaired) electrons. The monoisotopic (exact) mass is 317 g/mol. The number of nitrogens with zero attached hydrogens (tertiary/aromatic N) is 3. The molecule has 0 spiro atoms. The van der Waals surface area contributed by atoms with Gasteiger partial charge < -0.3 is 4.42 Å². The van der Waals surface area contributed by atoms with Gasteiger partial charge in [-0.3, -0.25) is 4.52 Å². The van der Waals surface area contributed by atoms with Gasteiger partial charge in [0.25, 0.3) is 0 Å². The molecule has 0 amide bonds. The number of oxazole rings is 1. The van der Waals surface area contributed by atoms with Crippen LogP contribution in [0.3, 0.4) is 0 Å². The fraction of sp³-hybridized carbons (Fsp3) is 0.267. The molecule has 2 aromatic heterocycles. The maximum atomic E-state index is 11.9. The van der Waals surface area contributed by atoms with E-state index >= 15 is 0 Å². The molecule has 0 aliphatic heterocycles. The van der Waals surface area contributed by atoms with Crippen LogP contribution in [0.4, 0.5) is 0 Å². The van der Waals surface area contributed by atoms with E-state index in [1.54, 1.807) is 18.3 Å². The summed E-state index contributed by atoms with van der Waals surface area (Å²) in [6.07, 6.45) is 3.99. The van der Waals surface area contributed by atoms with Gasteiger partial charge in [-0.2, -0.15) is 0 Å². The molecular weight excluding hydrogens is 306 g/mol. The first-order valence-electron chi connectivity index (χ1n) is 6.98. The van der Waals surface area contributed by atoms with E-state index in [0.717, 1.165) is 18.6 Å². The molecule has 6 nitrogen and oxygen atoms in total. The Hall–Kier alpha value is -2.34. The Morgan fingerprint density at radius 3 is 2.91 bits per heavy atom. The zero-order valence-corrected chi connectivity index (χ0v) is 12.3. The molecule has 3 aromatic rings. The Balaban J connectivity index is 1.70. The van der Waals surface area contributed by atoms with Gasteiger partial charge in [0.15, 0.2) is 5.82 Å². The van der Waals surface area contributed by atoms with Gasteiger partial charge in [0.1, 0.15) is 12.3 Å². The van der Waals surface area contributed by atoms with Crippen molar-refractivity contribution in [2.24, 2.45) is 0 Å². The highest BCUT2D eigenvalue weighted by atomic mass is 35.5. The van der Waals surface area contributed by atoms with Crippen LogP contribution < -0.4 is 5.76 Å². The van der Waals surface area contributed by atoms with Crippen LogP contribution in [0.1, 0.15) is 30.4 Å². The first kappa shape index (κ1) is 13.3. The van der Waals surface area contributed by atoms with Gasteiger partial charge in [0.2, 0.25) is 5.89 Å². The Bertz CT molecular complexity index is 876. The van der Waals surface area contributed by atoms with Crippen LogP contribution in [-0.2, 0) is 6.54 Å². The van der Waals surface area contributed by atoms with Crippen LogP contribution >= 0.6 is 11.6 Å². The van der Waals surface area contributed by atoms with Crippen LogP contribution in [0, 0.1) is 0 Å². The number of halogens is 1. The van der Waals surface area contributed by atoms with Crippen molar-refractivity contribution in [2.75, 3.05) is 0 Å². The maximum absolute atomic E-state index is 11.9. The molecule has 0 bridgehead atoms. The first-order valence-corrected chi connectivity index (χ1v) is 7.36. The van der Waals surface area contributed by atoms with Gasteiger partial charge in [0.05, 0.1) is 11.2 Å². The average molecular weight is 318 g/mol. The number of hydrogen-bond acceptors (Lipinski definition) is 5. The Labute approximate surface area is 130 Å². The predicted octanol–water partition coefficient (Wildman–Crippen LogP) is 3.07. The second-order valence-corrected chi connectivity index (χ2v) is 5.68. The predicted molar refractivity (Wildman–Crippen MR) is 78.8 cm³/mol. The highest BCUT2D eigenvalue weighted by Crippen LogP contribution is 2.40. The van der Waals surface area contributed by atoms with Gasteiger partial charge in [-0.1, -0.05) is 28.9 Å². The van der Waals surface area contributed by atoms with Crippen molar-refractivity contribution in [1.82, 2.24) is 14.7 Å². The third-order valence-corrected chi connectivity index (χ3v) is 3.98. The van der Waals surface area contributed by atoms with Crippen molar-refractivity contribution >= 4 is 11.6 Å². The molecule has 1 aromatic carbocycles. The van der Waals surface area contributed by atoms with Gasteiger partial charge in [-0.25, -0.2) is 14.3 Å². The lowest BCUT2D eigenvalue weighted by molar-refractivity contribution is 0.371. The summed E-state index contributed by atoms with van der Waals surface area (Å²) in [4.78, 5) is 16.1. The van der Waals surface area contributed by atoms with Crippen molar-refractivity contribution in [3.63, 3.8) is 0 Å². The van der Waals surface area contributed by atoms with Gasteiger partial charge in [0, 0.05) is 11.5 Å². The molecule has 0 atom stereocenters. The van der Waals surface area contributed by atoms with E-state index in [2.05, 4.69) is 10.1 Å². The lowest BCUT2D eigenvalue weighted by atomic mass is 10.2. The zero-order valence-electron chi connectivity index (χ0n) is 11.5. The second kappa shape index (κ2) is 5.14. The molecule has 4 rings (SSSR count). The molecule has 112 valence electrons.